The molecule has 0 aromatic carbocycles. The second-order valence-electron chi connectivity index (χ2n) is 5.17. The molecular weight excluding hydrogens is 288 g/mol. The van der Waals surface area contributed by atoms with E-state index in [1.165, 1.54) is 0 Å². The Morgan fingerprint density at radius 3 is 2.47 bits per heavy atom. The zero-order valence-corrected chi connectivity index (χ0v) is 13.1. The van der Waals surface area contributed by atoms with Crippen molar-refractivity contribution in [2.24, 2.45) is 11.7 Å². The van der Waals surface area contributed by atoms with E-state index in [1.807, 2.05) is 6.92 Å². The Hall–Kier alpha value is -0.330. The van der Waals surface area contributed by atoms with Crippen LogP contribution in [0.4, 0.5) is 0 Å². The number of sulfone groups is 1. The number of rotatable bonds is 7. The molecule has 0 aromatic heterocycles. The van der Waals surface area contributed by atoms with Crippen LogP contribution >= 0.6 is 12.4 Å². The molecule has 1 unspecified atom stereocenters. The maximum Gasteiger partial charge on any atom is 0.221 e. The Morgan fingerprint density at radius 1 is 1.37 bits per heavy atom. The van der Waals surface area contributed by atoms with Crippen molar-refractivity contribution in [2.45, 2.75) is 44.3 Å². The Bertz CT molecular complexity index is 367. The summed E-state index contributed by atoms with van der Waals surface area (Å²) in [6.45, 7) is 2.97. The smallest absolute Gasteiger partial charge is 0.221 e. The zero-order valence-electron chi connectivity index (χ0n) is 11.4. The van der Waals surface area contributed by atoms with Crippen LogP contribution in [0.2, 0.25) is 0 Å². The van der Waals surface area contributed by atoms with Gasteiger partial charge in [0.1, 0.15) is 0 Å². The summed E-state index contributed by atoms with van der Waals surface area (Å²) in [5.41, 5.74) is 5.44. The predicted octanol–water partition coefficient (Wildman–Crippen LogP) is 0.867. The highest BCUT2D eigenvalue weighted by atomic mass is 35.5. The molecule has 5 nitrogen and oxygen atoms in total. The van der Waals surface area contributed by atoms with E-state index in [0.717, 1.165) is 25.7 Å². The number of nitrogens with one attached hydrogen (secondary N) is 1. The van der Waals surface area contributed by atoms with Crippen molar-refractivity contribution in [3.8, 4) is 0 Å². The van der Waals surface area contributed by atoms with Gasteiger partial charge in [-0.25, -0.2) is 8.42 Å². The van der Waals surface area contributed by atoms with Gasteiger partial charge in [-0.05, 0) is 25.3 Å². The first-order chi connectivity index (χ1) is 8.45. The summed E-state index contributed by atoms with van der Waals surface area (Å²) in [5.74, 6) is -0.00203. The molecule has 1 aliphatic carbocycles. The predicted molar refractivity (Wildman–Crippen MR) is 79.1 cm³/mol. The SMILES string of the molecule is CC(CN)CNC(=O)CCS(=O)(=O)C1CCCC1.Cl. The van der Waals surface area contributed by atoms with Crippen molar-refractivity contribution in [1.29, 1.82) is 0 Å². The van der Waals surface area contributed by atoms with Crippen LogP contribution < -0.4 is 11.1 Å². The maximum absolute atomic E-state index is 11.9. The van der Waals surface area contributed by atoms with E-state index in [-0.39, 0.29) is 41.7 Å². The second-order valence-corrected chi connectivity index (χ2v) is 7.57. The molecule has 0 bridgehead atoms. The van der Waals surface area contributed by atoms with Crippen LogP contribution in [0.25, 0.3) is 0 Å². The third-order valence-corrected chi connectivity index (χ3v) is 5.73. The van der Waals surface area contributed by atoms with Gasteiger partial charge in [0.25, 0.3) is 0 Å². The Balaban J connectivity index is 0.00000324. The minimum Gasteiger partial charge on any atom is -0.356 e. The lowest BCUT2D eigenvalue weighted by atomic mass is 10.2. The van der Waals surface area contributed by atoms with Crippen LogP contribution in [0.3, 0.4) is 0 Å². The van der Waals surface area contributed by atoms with Gasteiger partial charge in [0, 0.05) is 13.0 Å². The quantitative estimate of drug-likeness (QED) is 0.730. The number of nitrogens with two attached hydrogens (primary N) is 1. The average molecular weight is 313 g/mol. The fourth-order valence-electron chi connectivity index (χ4n) is 2.11. The van der Waals surface area contributed by atoms with Crippen LogP contribution in [0.5, 0.6) is 0 Å². The fourth-order valence-corrected chi connectivity index (χ4v) is 3.96. The van der Waals surface area contributed by atoms with Gasteiger partial charge in [0.15, 0.2) is 9.84 Å². The third-order valence-electron chi connectivity index (χ3n) is 3.47. The van der Waals surface area contributed by atoms with E-state index in [2.05, 4.69) is 5.32 Å². The van der Waals surface area contributed by atoms with E-state index in [1.54, 1.807) is 0 Å². The number of carbonyl (C=O) groups is 1. The molecule has 1 rings (SSSR count). The standard InChI is InChI=1S/C12H24N2O3S.ClH/c1-10(8-13)9-14-12(15)6-7-18(16,17)11-4-2-3-5-11;/h10-11H,2-9,13H2,1H3,(H,14,15);1H. The van der Waals surface area contributed by atoms with Gasteiger partial charge in [0.05, 0.1) is 11.0 Å². The molecule has 114 valence electrons. The average Bonchev–Trinajstić information content (AvgIpc) is 2.88. The number of hydrogen-bond donors (Lipinski definition) is 2. The minimum atomic E-state index is -3.08. The molecule has 0 aromatic rings. The van der Waals surface area contributed by atoms with Crippen molar-refractivity contribution in [1.82, 2.24) is 5.32 Å². The fraction of sp³-hybridized carbons (Fsp3) is 0.917. The van der Waals surface area contributed by atoms with Crippen molar-refractivity contribution in [3.05, 3.63) is 0 Å². The number of carbonyl (C=O) groups excluding carboxylic acids is 1. The molecule has 0 heterocycles. The summed E-state index contributed by atoms with van der Waals surface area (Å²) in [6, 6.07) is 0. The molecule has 1 fully saturated rings. The Morgan fingerprint density at radius 2 is 1.95 bits per heavy atom. The van der Waals surface area contributed by atoms with E-state index in [9.17, 15) is 13.2 Å². The van der Waals surface area contributed by atoms with Gasteiger partial charge in [-0.2, -0.15) is 0 Å². The van der Waals surface area contributed by atoms with Crippen molar-refractivity contribution >= 4 is 28.2 Å². The molecular formula is C12H25ClN2O3S. The lowest BCUT2D eigenvalue weighted by Gasteiger charge is -2.12. The molecule has 7 heteroatoms. The summed E-state index contributed by atoms with van der Waals surface area (Å²) in [6.07, 6.45) is 3.56. The first-order valence-corrected chi connectivity index (χ1v) is 8.35. The molecule has 3 N–H and O–H groups in total. The molecule has 0 spiro atoms. The van der Waals surface area contributed by atoms with Gasteiger partial charge in [-0.1, -0.05) is 19.8 Å². The normalized spacial score (nSPS) is 17.8. The molecule has 0 saturated heterocycles. The highest BCUT2D eigenvalue weighted by Gasteiger charge is 2.28. The van der Waals surface area contributed by atoms with Crippen LogP contribution in [0.15, 0.2) is 0 Å². The van der Waals surface area contributed by atoms with Crippen LogP contribution in [0, 0.1) is 5.92 Å². The molecule has 0 radical (unpaired) electrons. The number of amides is 1. The van der Waals surface area contributed by atoms with Crippen LogP contribution in [-0.4, -0.2) is 38.4 Å². The lowest BCUT2D eigenvalue weighted by molar-refractivity contribution is -0.120. The first-order valence-electron chi connectivity index (χ1n) is 6.64. The van der Waals surface area contributed by atoms with Gasteiger partial charge in [-0.3, -0.25) is 4.79 Å². The minimum absolute atomic E-state index is 0. The molecule has 19 heavy (non-hydrogen) atoms. The monoisotopic (exact) mass is 312 g/mol. The van der Waals surface area contributed by atoms with Crippen LogP contribution in [0.1, 0.15) is 39.0 Å². The van der Waals surface area contributed by atoms with Gasteiger partial charge in [-0.15, -0.1) is 12.4 Å². The Kier molecular flexibility index (Phi) is 8.61. The van der Waals surface area contributed by atoms with E-state index < -0.39 is 9.84 Å². The van der Waals surface area contributed by atoms with E-state index in [4.69, 9.17) is 5.73 Å². The number of halogens is 1. The molecule has 0 aliphatic heterocycles. The summed E-state index contributed by atoms with van der Waals surface area (Å²) in [4.78, 5) is 11.5. The molecule has 1 atom stereocenters. The van der Waals surface area contributed by atoms with Crippen molar-refractivity contribution < 1.29 is 13.2 Å². The van der Waals surface area contributed by atoms with Gasteiger partial charge >= 0.3 is 0 Å². The van der Waals surface area contributed by atoms with E-state index in [0.29, 0.717) is 13.1 Å². The van der Waals surface area contributed by atoms with E-state index >= 15 is 0 Å². The summed E-state index contributed by atoms with van der Waals surface area (Å²) >= 11 is 0. The molecule has 1 amide bonds. The largest absolute Gasteiger partial charge is 0.356 e. The second kappa shape index (κ2) is 8.76. The Labute approximate surface area is 122 Å². The van der Waals surface area contributed by atoms with Gasteiger partial charge in [0.2, 0.25) is 5.91 Å². The topological polar surface area (TPSA) is 89.3 Å². The van der Waals surface area contributed by atoms with Crippen LogP contribution in [-0.2, 0) is 14.6 Å². The highest BCUT2D eigenvalue weighted by Crippen LogP contribution is 2.25. The third kappa shape index (κ3) is 6.58. The summed E-state index contributed by atoms with van der Waals surface area (Å²) in [5, 5.41) is 2.50. The van der Waals surface area contributed by atoms with Gasteiger partial charge < -0.3 is 11.1 Å². The highest BCUT2D eigenvalue weighted by molar-refractivity contribution is 7.92. The number of hydrogen-bond acceptors (Lipinski definition) is 4. The summed E-state index contributed by atoms with van der Waals surface area (Å²) in [7, 11) is -3.08. The first kappa shape index (κ1) is 18.7. The zero-order chi connectivity index (χ0) is 13.6. The lowest BCUT2D eigenvalue weighted by Crippen LogP contribution is -2.33. The van der Waals surface area contributed by atoms with Crippen molar-refractivity contribution in [2.75, 3.05) is 18.8 Å². The van der Waals surface area contributed by atoms with Crippen molar-refractivity contribution in [3.63, 3.8) is 0 Å². The maximum atomic E-state index is 11.9. The molecule has 1 aliphatic rings. The molecule has 1 saturated carbocycles. The summed E-state index contributed by atoms with van der Waals surface area (Å²) < 4.78 is 23.9.